The van der Waals surface area contributed by atoms with Gasteiger partial charge in [-0.3, -0.25) is 9.69 Å². The van der Waals surface area contributed by atoms with E-state index in [9.17, 15) is 9.90 Å². The molecule has 1 aliphatic heterocycles. The summed E-state index contributed by atoms with van der Waals surface area (Å²) in [5.74, 6) is 0.112. The minimum atomic E-state index is -0.466. The molecule has 1 saturated heterocycles. The van der Waals surface area contributed by atoms with Crippen LogP contribution >= 0.6 is 0 Å². The van der Waals surface area contributed by atoms with Gasteiger partial charge >= 0.3 is 0 Å². The number of aliphatic hydroxyl groups excluding tert-OH is 1. The van der Waals surface area contributed by atoms with Crippen LogP contribution in [0.15, 0.2) is 24.3 Å². The topological polar surface area (TPSA) is 52.6 Å². The summed E-state index contributed by atoms with van der Waals surface area (Å²) in [6, 6.07) is 8.25. The second-order valence-electron chi connectivity index (χ2n) is 5.95. The summed E-state index contributed by atoms with van der Waals surface area (Å²) in [6.07, 6.45) is 2.16. The zero-order chi connectivity index (χ0) is 15.2. The number of β-amino-alcohol motifs (C(OH)–C–C–N with tert-alkyl or cyclic N) is 1. The summed E-state index contributed by atoms with van der Waals surface area (Å²) in [4.78, 5) is 13.7. The van der Waals surface area contributed by atoms with Crippen molar-refractivity contribution in [2.45, 2.75) is 45.3 Å². The number of nitrogens with one attached hydrogen (secondary N) is 1. The standard InChI is InChI=1S/C17H26N2O2/c1-3-17(21)18-15-5-4-10-19(11-15)12-16(20)14-8-6-13(2)7-9-14/h6-9,15-16,20H,3-5,10-12H2,1-2H3,(H,18,21). The second-order valence-corrected chi connectivity index (χ2v) is 5.95. The molecule has 21 heavy (non-hydrogen) atoms. The molecule has 1 amide bonds. The van der Waals surface area contributed by atoms with Gasteiger partial charge in [-0.15, -0.1) is 0 Å². The Kier molecular flexibility index (Phi) is 5.76. The lowest BCUT2D eigenvalue weighted by Gasteiger charge is -2.34. The van der Waals surface area contributed by atoms with Crippen LogP contribution in [0.3, 0.4) is 0 Å². The van der Waals surface area contributed by atoms with Crippen LogP contribution in [0.25, 0.3) is 0 Å². The number of hydrogen-bond acceptors (Lipinski definition) is 3. The molecule has 1 aliphatic rings. The number of benzene rings is 1. The Labute approximate surface area is 127 Å². The van der Waals surface area contributed by atoms with Crippen molar-refractivity contribution in [2.24, 2.45) is 0 Å². The summed E-state index contributed by atoms with van der Waals surface area (Å²) in [6.45, 7) is 6.36. The molecule has 0 aromatic heterocycles. The molecule has 4 nitrogen and oxygen atoms in total. The van der Waals surface area contributed by atoms with Crippen molar-refractivity contribution in [3.8, 4) is 0 Å². The lowest BCUT2D eigenvalue weighted by atomic mass is 10.0. The Balaban J connectivity index is 1.87. The lowest BCUT2D eigenvalue weighted by molar-refractivity contribution is -0.121. The van der Waals surface area contributed by atoms with Crippen LogP contribution in [-0.2, 0) is 4.79 Å². The first-order valence-corrected chi connectivity index (χ1v) is 7.85. The van der Waals surface area contributed by atoms with Gasteiger partial charge < -0.3 is 10.4 Å². The summed E-state index contributed by atoms with van der Waals surface area (Å²) in [5, 5.41) is 13.4. The van der Waals surface area contributed by atoms with E-state index in [1.165, 1.54) is 5.56 Å². The number of carbonyl (C=O) groups is 1. The van der Waals surface area contributed by atoms with E-state index in [4.69, 9.17) is 0 Å². The number of amides is 1. The van der Waals surface area contributed by atoms with Gasteiger partial charge in [0, 0.05) is 25.6 Å². The SMILES string of the molecule is CCC(=O)NC1CCCN(CC(O)c2ccc(C)cc2)C1. The van der Waals surface area contributed by atoms with Gasteiger partial charge in [0.2, 0.25) is 5.91 Å². The molecule has 116 valence electrons. The summed E-state index contributed by atoms with van der Waals surface area (Å²) < 4.78 is 0. The third kappa shape index (κ3) is 4.83. The normalized spacial score (nSPS) is 21.0. The van der Waals surface area contributed by atoms with E-state index in [1.807, 2.05) is 38.1 Å². The van der Waals surface area contributed by atoms with Crippen LogP contribution in [0.5, 0.6) is 0 Å². The maximum Gasteiger partial charge on any atom is 0.219 e. The van der Waals surface area contributed by atoms with E-state index in [-0.39, 0.29) is 11.9 Å². The molecular weight excluding hydrogens is 264 g/mol. The highest BCUT2D eigenvalue weighted by Gasteiger charge is 2.23. The van der Waals surface area contributed by atoms with Crippen LogP contribution in [0.4, 0.5) is 0 Å². The number of nitrogens with zero attached hydrogens (tertiary/aromatic N) is 1. The number of piperidine rings is 1. The molecule has 1 aromatic carbocycles. The Bertz CT molecular complexity index is 458. The number of carbonyl (C=O) groups excluding carboxylic acids is 1. The zero-order valence-corrected chi connectivity index (χ0v) is 13.0. The maximum absolute atomic E-state index is 11.5. The van der Waals surface area contributed by atoms with Crippen molar-refractivity contribution in [1.29, 1.82) is 0 Å². The number of aryl methyl sites for hydroxylation is 1. The van der Waals surface area contributed by atoms with Crippen LogP contribution in [-0.4, -0.2) is 41.6 Å². The van der Waals surface area contributed by atoms with E-state index < -0.39 is 6.10 Å². The molecular formula is C17H26N2O2. The maximum atomic E-state index is 11.5. The third-order valence-corrected chi connectivity index (χ3v) is 4.08. The fourth-order valence-electron chi connectivity index (χ4n) is 2.81. The van der Waals surface area contributed by atoms with Gasteiger partial charge in [0.05, 0.1) is 6.10 Å². The molecule has 0 spiro atoms. The average molecular weight is 290 g/mol. The van der Waals surface area contributed by atoms with Crippen molar-refractivity contribution in [1.82, 2.24) is 10.2 Å². The zero-order valence-electron chi connectivity index (χ0n) is 13.0. The molecule has 2 rings (SSSR count). The number of rotatable bonds is 5. The molecule has 4 heteroatoms. The minimum absolute atomic E-state index is 0.112. The van der Waals surface area contributed by atoms with Gasteiger partial charge in [-0.05, 0) is 31.9 Å². The van der Waals surface area contributed by atoms with E-state index in [0.717, 1.165) is 31.5 Å². The van der Waals surface area contributed by atoms with E-state index in [1.54, 1.807) is 0 Å². The first-order chi connectivity index (χ1) is 10.1. The molecule has 2 unspecified atom stereocenters. The van der Waals surface area contributed by atoms with Crippen LogP contribution in [0.2, 0.25) is 0 Å². The van der Waals surface area contributed by atoms with E-state index in [2.05, 4.69) is 10.2 Å². The fraction of sp³-hybridized carbons (Fsp3) is 0.588. The molecule has 0 aliphatic carbocycles. The third-order valence-electron chi connectivity index (χ3n) is 4.08. The predicted molar refractivity (Wildman–Crippen MR) is 84.0 cm³/mol. The molecule has 0 radical (unpaired) electrons. The van der Waals surface area contributed by atoms with Crippen molar-refractivity contribution in [3.05, 3.63) is 35.4 Å². The van der Waals surface area contributed by atoms with Gasteiger partial charge in [-0.25, -0.2) is 0 Å². The Morgan fingerprint density at radius 2 is 2.14 bits per heavy atom. The molecule has 1 fully saturated rings. The largest absolute Gasteiger partial charge is 0.387 e. The van der Waals surface area contributed by atoms with Gasteiger partial charge in [-0.1, -0.05) is 36.8 Å². The first-order valence-electron chi connectivity index (χ1n) is 7.85. The quantitative estimate of drug-likeness (QED) is 0.872. The smallest absolute Gasteiger partial charge is 0.219 e. The summed E-state index contributed by atoms with van der Waals surface area (Å²) in [5.41, 5.74) is 2.16. The molecule has 2 N–H and O–H groups in total. The lowest BCUT2D eigenvalue weighted by Crippen LogP contribution is -2.48. The molecule has 2 atom stereocenters. The molecule has 1 aromatic rings. The second kappa shape index (κ2) is 7.57. The van der Waals surface area contributed by atoms with E-state index >= 15 is 0 Å². The van der Waals surface area contributed by atoms with Gasteiger partial charge in [-0.2, -0.15) is 0 Å². The van der Waals surface area contributed by atoms with Gasteiger partial charge in [0.1, 0.15) is 0 Å². The van der Waals surface area contributed by atoms with Crippen LogP contribution in [0, 0.1) is 6.92 Å². The first kappa shape index (κ1) is 16.0. The fourth-order valence-corrected chi connectivity index (χ4v) is 2.81. The van der Waals surface area contributed by atoms with Gasteiger partial charge in [0.15, 0.2) is 0 Å². The number of hydrogen-bond donors (Lipinski definition) is 2. The minimum Gasteiger partial charge on any atom is -0.387 e. The highest BCUT2D eigenvalue weighted by atomic mass is 16.3. The summed E-state index contributed by atoms with van der Waals surface area (Å²) >= 11 is 0. The highest BCUT2D eigenvalue weighted by molar-refractivity contribution is 5.75. The van der Waals surface area contributed by atoms with Crippen LogP contribution in [0.1, 0.15) is 43.4 Å². The molecule has 1 heterocycles. The van der Waals surface area contributed by atoms with Crippen molar-refractivity contribution >= 4 is 5.91 Å². The van der Waals surface area contributed by atoms with Crippen molar-refractivity contribution in [2.75, 3.05) is 19.6 Å². The van der Waals surface area contributed by atoms with Crippen molar-refractivity contribution < 1.29 is 9.90 Å². The Hall–Kier alpha value is -1.39. The van der Waals surface area contributed by atoms with Crippen molar-refractivity contribution in [3.63, 3.8) is 0 Å². The van der Waals surface area contributed by atoms with Crippen LogP contribution < -0.4 is 5.32 Å². The Morgan fingerprint density at radius 3 is 2.81 bits per heavy atom. The molecule has 0 bridgehead atoms. The number of likely N-dealkylation sites (tertiary alicyclic amines) is 1. The number of aliphatic hydroxyl groups is 1. The average Bonchev–Trinajstić information content (AvgIpc) is 2.48. The van der Waals surface area contributed by atoms with Gasteiger partial charge in [0.25, 0.3) is 0 Å². The van der Waals surface area contributed by atoms with E-state index in [0.29, 0.717) is 13.0 Å². The summed E-state index contributed by atoms with van der Waals surface area (Å²) in [7, 11) is 0. The highest BCUT2D eigenvalue weighted by Crippen LogP contribution is 2.18. The molecule has 0 saturated carbocycles. The monoisotopic (exact) mass is 290 g/mol. The predicted octanol–water partition coefficient (Wildman–Crippen LogP) is 2.02. The Morgan fingerprint density at radius 1 is 1.43 bits per heavy atom.